The molecule has 6 heteroatoms. The number of benzene rings is 1. The van der Waals surface area contributed by atoms with Crippen LogP contribution in [0.5, 0.6) is 0 Å². The first kappa shape index (κ1) is 18.4. The number of rotatable bonds is 9. The molecule has 1 aromatic rings. The molecular weight excluding hydrogens is 302 g/mol. The summed E-state index contributed by atoms with van der Waals surface area (Å²) >= 11 is 0. The standard InChI is InChI=1S/C16H23NO4S/c1-3-17(4-2)15(18)12-22(21)14(16(19)20)11-10-13-8-6-5-7-9-13/h5-9,14H,3-4,10-12H2,1-2H3,(H,19,20). The molecule has 0 fully saturated rings. The van der Waals surface area contributed by atoms with Gasteiger partial charge in [0.25, 0.3) is 0 Å². The fourth-order valence-electron chi connectivity index (χ4n) is 2.20. The van der Waals surface area contributed by atoms with Crippen molar-refractivity contribution in [3.8, 4) is 0 Å². The number of nitrogens with zero attached hydrogens (tertiary/aromatic N) is 1. The summed E-state index contributed by atoms with van der Waals surface area (Å²) < 4.78 is 12.2. The molecule has 2 atom stereocenters. The molecular formula is C16H23NO4S. The molecule has 0 bridgehead atoms. The van der Waals surface area contributed by atoms with Crippen molar-refractivity contribution in [1.82, 2.24) is 4.90 Å². The molecule has 1 aromatic carbocycles. The van der Waals surface area contributed by atoms with Crippen LogP contribution < -0.4 is 0 Å². The molecule has 0 heterocycles. The van der Waals surface area contributed by atoms with Crippen LogP contribution in [0.3, 0.4) is 0 Å². The predicted octanol–water partition coefficient (Wildman–Crippen LogP) is 1.69. The van der Waals surface area contributed by atoms with Gasteiger partial charge in [-0.15, -0.1) is 0 Å². The second-order valence-corrected chi connectivity index (χ2v) is 6.56. The van der Waals surface area contributed by atoms with Gasteiger partial charge in [0.15, 0.2) is 0 Å². The summed E-state index contributed by atoms with van der Waals surface area (Å²) in [5, 5.41) is 8.26. The van der Waals surface area contributed by atoms with Gasteiger partial charge in [-0.3, -0.25) is 13.8 Å². The van der Waals surface area contributed by atoms with E-state index in [0.29, 0.717) is 19.5 Å². The molecule has 0 aliphatic heterocycles. The molecule has 5 nitrogen and oxygen atoms in total. The summed E-state index contributed by atoms with van der Waals surface area (Å²) in [6.07, 6.45) is 0.792. The second kappa shape index (κ2) is 9.35. The van der Waals surface area contributed by atoms with Crippen LogP contribution in [-0.4, -0.2) is 50.2 Å². The lowest BCUT2D eigenvalue weighted by Gasteiger charge is -2.19. The highest BCUT2D eigenvalue weighted by molar-refractivity contribution is 7.87. The SMILES string of the molecule is CCN(CC)C(=O)CS(=O)C(CCc1ccccc1)C(=O)O. The third kappa shape index (κ3) is 5.60. The van der Waals surface area contributed by atoms with Gasteiger partial charge in [0.2, 0.25) is 5.91 Å². The Balaban J connectivity index is 2.64. The van der Waals surface area contributed by atoms with Gasteiger partial charge in [-0.05, 0) is 32.3 Å². The first-order chi connectivity index (χ1) is 10.5. The van der Waals surface area contributed by atoms with Gasteiger partial charge in [0.1, 0.15) is 11.0 Å². The number of aliphatic carboxylic acids is 1. The molecule has 0 aromatic heterocycles. The van der Waals surface area contributed by atoms with Gasteiger partial charge >= 0.3 is 5.97 Å². The Kier molecular flexibility index (Phi) is 7.80. The smallest absolute Gasteiger partial charge is 0.319 e. The number of carboxylic acids is 1. The number of amides is 1. The average molecular weight is 325 g/mol. The summed E-state index contributed by atoms with van der Waals surface area (Å²) in [4.78, 5) is 24.9. The molecule has 0 saturated heterocycles. The minimum Gasteiger partial charge on any atom is -0.480 e. The van der Waals surface area contributed by atoms with E-state index in [2.05, 4.69) is 0 Å². The maximum absolute atomic E-state index is 12.2. The van der Waals surface area contributed by atoms with Crippen LogP contribution >= 0.6 is 0 Å². The normalized spacial score (nSPS) is 13.4. The molecule has 0 aliphatic rings. The van der Waals surface area contributed by atoms with Crippen LogP contribution in [0.1, 0.15) is 25.8 Å². The predicted molar refractivity (Wildman–Crippen MR) is 87.1 cm³/mol. The van der Waals surface area contributed by atoms with Crippen molar-refractivity contribution in [2.45, 2.75) is 31.9 Å². The molecule has 1 amide bonds. The highest BCUT2D eigenvalue weighted by Gasteiger charge is 2.27. The van der Waals surface area contributed by atoms with E-state index in [1.807, 2.05) is 44.2 Å². The largest absolute Gasteiger partial charge is 0.480 e. The van der Waals surface area contributed by atoms with Gasteiger partial charge in [-0.2, -0.15) is 0 Å². The zero-order valence-corrected chi connectivity index (χ0v) is 13.8. The maximum atomic E-state index is 12.2. The molecule has 1 N–H and O–H groups in total. The highest BCUT2D eigenvalue weighted by atomic mass is 32.2. The Bertz CT molecular complexity index is 514. The van der Waals surface area contributed by atoms with Crippen molar-refractivity contribution in [1.29, 1.82) is 0 Å². The van der Waals surface area contributed by atoms with E-state index in [9.17, 15) is 18.9 Å². The van der Waals surface area contributed by atoms with Gasteiger partial charge in [0.05, 0.1) is 0 Å². The summed E-state index contributed by atoms with van der Waals surface area (Å²) in [6.45, 7) is 4.76. The van der Waals surface area contributed by atoms with E-state index in [-0.39, 0.29) is 18.1 Å². The average Bonchev–Trinajstić information content (AvgIpc) is 2.49. The van der Waals surface area contributed by atoms with Gasteiger partial charge in [-0.25, -0.2) is 0 Å². The van der Waals surface area contributed by atoms with Crippen molar-refractivity contribution in [2.24, 2.45) is 0 Å². The second-order valence-electron chi connectivity index (χ2n) is 4.94. The zero-order valence-electron chi connectivity index (χ0n) is 13.0. The maximum Gasteiger partial charge on any atom is 0.319 e. The Hall–Kier alpha value is -1.69. The van der Waals surface area contributed by atoms with Crippen molar-refractivity contribution in [3.63, 3.8) is 0 Å². The van der Waals surface area contributed by atoms with Crippen molar-refractivity contribution in [2.75, 3.05) is 18.8 Å². The number of carboxylic acid groups (broad SMARTS) is 1. The summed E-state index contributed by atoms with van der Waals surface area (Å²) in [7, 11) is -1.71. The van der Waals surface area contributed by atoms with Crippen LogP contribution in [0.15, 0.2) is 30.3 Å². The third-order valence-electron chi connectivity index (χ3n) is 3.51. The molecule has 0 saturated carbocycles. The van der Waals surface area contributed by atoms with Crippen LogP contribution in [0.25, 0.3) is 0 Å². The molecule has 0 radical (unpaired) electrons. The zero-order chi connectivity index (χ0) is 16.5. The number of hydrogen-bond acceptors (Lipinski definition) is 3. The van der Waals surface area contributed by atoms with E-state index >= 15 is 0 Å². The fourth-order valence-corrected chi connectivity index (χ4v) is 3.43. The van der Waals surface area contributed by atoms with Crippen LogP contribution in [0, 0.1) is 0 Å². The quantitative estimate of drug-likeness (QED) is 0.750. The van der Waals surface area contributed by atoms with E-state index in [1.54, 1.807) is 4.90 Å². The molecule has 2 unspecified atom stereocenters. The summed E-state index contributed by atoms with van der Waals surface area (Å²) in [6, 6.07) is 9.46. The first-order valence-electron chi connectivity index (χ1n) is 7.41. The fraction of sp³-hybridized carbons (Fsp3) is 0.500. The van der Waals surface area contributed by atoms with E-state index < -0.39 is 22.0 Å². The minimum atomic E-state index is -1.71. The van der Waals surface area contributed by atoms with Gasteiger partial charge in [0, 0.05) is 23.9 Å². The molecule has 0 spiro atoms. The van der Waals surface area contributed by atoms with Gasteiger partial charge in [-0.1, -0.05) is 30.3 Å². The lowest BCUT2D eigenvalue weighted by molar-refractivity contribution is -0.136. The van der Waals surface area contributed by atoms with Crippen LogP contribution in [-0.2, 0) is 26.8 Å². The molecule has 22 heavy (non-hydrogen) atoms. The Morgan fingerprint density at radius 2 is 1.77 bits per heavy atom. The van der Waals surface area contributed by atoms with Crippen LogP contribution in [0.2, 0.25) is 0 Å². The van der Waals surface area contributed by atoms with Gasteiger partial charge < -0.3 is 10.0 Å². The monoisotopic (exact) mass is 325 g/mol. The van der Waals surface area contributed by atoms with Crippen LogP contribution in [0.4, 0.5) is 0 Å². The minimum absolute atomic E-state index is 0.229. The molecule has 122 valence electrons. The Labute approximate surface area is 133 Å². The van der Waals surface area contributed by atoms with E-state index in [4.69, 9.17) is 0 Å². The number of carbonyl (C=O) groups excluding carboxylic acids is 1. The number of carbonyl (C=O) groups is 2. The number of aryl methyl sites for hydroxylation is 1. The highest BCUT2D eigenvalue weighted by Crippen LogP contribution is 2.11. The van der Waals surface area contributed by atoms with Crippen molar-refractivity contribution in [3.05, 3.63) is 35.9 Å². The lowest BCUT2D eigenvalue weighted by Crippen LogP contribution is -2.38. The lowest BCUT2D eigenvalue weighted by atomic mass is 10.1. The van der Waals surface area contributed by atoms with Crippen molar-refractivity contribution >= 4 is 22.7 Å². The van der Waals surface area contributed by atoms with Crippen molar-refractivity contribution < 1.29 is 18.9 Å². The van der Waals surface area contributed by atoms with E-state index in [1.165, 1.54) is 0 Å². The first-order valence-corrected chi connectivity index (χ1v) is 8.79. The summed E-state index contributed by atoms with van der Waals surface area (Å²) in [5.74, 6) is -1.59. The number of hydrogen-bond donors (Lipinski definition) is 1. The Morgan fingerprint density at radius 1 is 1.18 bits per heavy atom. The molecule has 0 aliphatic carbocycles. The summed E-state index contributed by atoms with van der Waals surface area (Å²) in [5.41, 5.74) is 1.00. The topological polar surface area (TPSA) is 74.7 Å². The molecule has 1 rings (SSSR count). The van der Waals surface area contributed by atoms with E-state index in [0.717, 1.165) is 5.56 Å². The Morgan fingerprint density at radius 3 is 2.27 bits per heavy atom. The third-order valence-corrected chi connectivity index (χ3v) is 5.12.